The van der Waals surface area contributed by atoms with Crippen molar-refractivity contribution in [2.45, 2.75) is 22.6 Å². The maximum atomic E-state index is 12.1. The van der Waals surface area contributed by atoms with Crippen molar-refractivity contribution in [1.29, 1.82) is 0 Å². The summed E-state index contributed by atoms with van der Waals surface area (Å²) in [5.41, 5.74) is 1.08. The summed E-state index contributed by atoms with van der Waals surface area (Å²) in [6.45, 7) is 0. The number of methoxy groups -OCH3 is 1. The van der Waals surface area contributed by atoms with Crippen LogP contribution in [0.5, 0.6) is 5.75 Å². The molecule has 0 aliphatic carbocycles. The van der Waals surface area contributed by atoms with Crippen LogP contribution in [0, 0.1) is 0 Å². The van der Waals surface area contributed by atoms with E-state index in [4.69, 9.17) is 9.15 Å². The highest BCUT2D eigenvalue weighted by atomic mass is 32.2. The molecule has 0 aliphatic rings. The summed E-state index contributed by atoms with van der Waals surface area (Å²) >= 11 is 3.30. The molecular formula is C20H21N3O3S2. The zero-order chi connectivity index (χ0) is 19.8. The first-order valence-electron chi connectivity index (χ1n) is 8.68. The van der Waals surface area contributed by atoms with Crippen LogP contribution in [0.15, 0.2) is 62.7 Å². The molecule has 1 amide bonds. The van der Waals surface area contributed by atoms with Crippen LogP contribution < -0.4 is 10.1 Å². The Morgan fingerprint density at radius 2 is 1.79 bits per heavy atom. The zero-order valence-electron chi connectivity index (χ0n) is 15.7. The molecule has 6 nitrogen and oxygen atoms in total. The monoisotopic (exact) mass is 415 g/mol. The summed E-state index contributed by atoms with van der Waals surface area (Å²) < 4.78 is 10.7. The Morgan fingerprint density at radius 3 is 2.46 bits per heavy atom. The summed E-state index contributed by atoms with van der Waals surface area (Å²) in [6, 6.07) is 16.0. The lowest BCUT2D eigenvalue weighted by molar-refractivity contribution is -0.115. The largest absolute Gasteiger partial charge is 0.497 e. The van der Waals surface area contributed by atoms with Gasteiger partial charge in [-0.15, -0.1) is 28.6 Å². The third-order valence-corrected chi connectivity index (χ3v) is 5.64. The van der Waals surface area contributed by atoms with E-state index in [1.807, 2.05) is 42.7 Å². The smallest absolute Gasteiger partial charge is 0.322 e. The minimum Gasteiger partial charge on any atom is -0.497 e. The molecule has 0 saturated heterocycles. The Bertz CT molecular complexity index is 896. The molecule has 8 heteroatoms. The lowest BCUT2D eigenvalue weighted by Gasteiger charge is -2.03. The molecule has 0 unspecified atom stereocenters. The van der Waals surface area contributed by atoms with Crippen LogP contribution in [-0.4, -0.2) is 35.2 Å². The van der Waals surface area contributed by atoms with Crippen LogP contribution in [0.3, 0.4) is 0 Å². The third kappa shape index (κ3) is 6.03. The van der Waals surface area contributed by atoms with Crippen LogP contribution in [0.1, 0.15) is 17.9 Å². The highest BCUT2D eigenvalue weighted by Gasteiger charge is 2.10. The van der Waals surface area contributed by atoms with Crippen LogP contribution in [0.25, 0.3) is 0 Å². The van der Waals surface area contributed by atoms with Gasteiger partial charge in [0.15, 0.2) is 0 Å². The minimum atomic E-state index is -0.152. The average molecular weight is 416 g/mol. The molecule has 1 heterocycles. The van der Waals surface area contributed by atoms with Crippen molar-refractivity contribution in [3.8, 4) is 5.75 Å². The molecule has 1 N–H and O–H groups in total. The SMILES string of the molecule is COc1ccc(SCCC(=O)Nc2nnc(Cc3ccc(SC)cc3)o2)cc1. The number of anilines is 1. The number of thioether (sulfide) groups is 2. The van der Waals surface area contributed by atoms with E-state index in [9.17, 15) is 4.79 Å². The highest BCUT2D eigenvalue weighted by Crippen LogP contribution is 2.22. The topological polar surface area (TPSA) is 77.2 Å². The molecule has 0 fully saturated rings. The van der Waals surface area contributed by atoms with Crippen molar-refractivity contribution in [3.05, 3.63) is 60.0 Å². The van der Waals surface area contributed by atoms with Gasteiger partial charge in [0.1, 0.15) is 5.75 Å². The van der Waals surface area contributed by atoms with E-state index >= 15 is 0 Å². The number of hydrogen-bond acceptors (Lipinski definition) is 7. The van der Waals surface area contributed by atoms with Crippen LogP contribution in [0.2, 0.25) is 0 Å². The summed E-state index contributed by atoms with van der Waals surface area (Å²) in [7, 11) is 1.64. The third-order valence-electron chi connectivity index (χ3n) is 3.88. The molecule has 0 saturated carbocycles. The Labute approximate surface area is 172 Å². The van der Waals surface area contributed by atoms with Gasteiger partial charge in [-0.05, 0) is 48.2 Å². The van der Waals surface area contributed by atoms with Crippen molar-refractivity contribution in [2.24, 2.45) is 0 Å². The van der Waals surface area contributed by atoms with E-state index in [2.05, 4.69) is 27.6 Å². The molecule has 3 rings (SSSR count). The summed E-state index contributed by atoms with van der Waals surface area (Å²) in [5.74, 6) is 1.79. The maximum absolute atomic E-state index is 12.1. The van der Waals surface area contributed by atoms with Gasteiger partial charge in [-0.2, -0.15) is 0 Å². The molecule has 0 aliphatic heterocycles. The van der Waals surface area contributed by atoms with Gasteiger partial charge in [0.25, 0.3) is 0 Å². The normalized spacial score (nSPS) is 10.6. The summed E-state index contributed by atoms with van der Waals surface area (Å²) in [5, 5.41) is 10.6. The fourth-order valence-electron chi connectivity index (χ4n) is 2.41. The van der Waals surface area contributed by atoms with Gasteiger partial charge in [-0.25, -0.2) is 0 Å². The van der Waals surface area contributed by atoms with E-state index < -0.39 is 0 Å². The fraction of sp³-hybridized carbons (Fsp3) is 0.250. The Hall–Kier alpha value is -2.45. The predicted molar refractivity (Wildman–Crippen MR) is 112 cm³/mol. The molecular weight excluding hydrogens is 394 g/mol. The van der Waals surface area contributed by atoms with Crippen molar-refractivity contribution in [1.82, 2.24) is 10.2 Å². The first-order chi connectivity index (χ1) is 13.7. The molecule has 0 bridgehead atoms. The van der Waals surface area contributed by atoms with E-state index in [-0.39, 0.29) is 11.9 Å². The molecule has 0 radical (unpaired) electrons. The number of ether oxygens (including phenoxy) is 1. The van der Waals surface area contributed by atoms with Gasteiger partial charge in [-0.1, -0.05) is 17.2 Å². The van der Waals surface area contributed by atoms with Crippen LogP contribution >= 0.6 is 23.5 Å². The van der Waals surface area contributed by atoms with Gasteiger partial charge in [0, 0.05) is 22.0 Å². The van der Waals surface area contributed by atoms with Crippen molar-refractivity contribution in [3.63, 3.8) is 0 Å². The average Bonchev–Trinajstić information content (AvgIpc) is 3.15. The Kier molecular flexibility index (Phi) is 7.39. The molecule has 2 aromatic carbocycles. The number of aromatic nitrogens is 2. The molecule has 3 aromatic rings. The first kappa shape index (κ1) is 20.3. The highest BCUT2D eigenvalue weighted by molar-refractivity contribution is 7.99. The molecule has 1 aromatic heterocycles. The number of amides is 1. The summed E-state index contributed by atoms with van der Waals surface area (Å²) in [6.07, 6.45) is 2.92. The number of benzene rings is 2. The lowest BCUT2D eigenvalue weighted by atomic mass is 10.1. The van der Waals surface area contributed by atoms with Crippen LogP contribution in [-0.2, 0) is 11.2 Å². The second-order valence-corrected chi connectivity index (χ2v) is 7.90. The number of nitrogens with one attached hydrogen (secondary N) is 1. The zero-order valence-corrected chi connectivity index (χ0v) is 17.3. The second kappa shape index (κ2) is 10.2. The minimum absolute atomic E-state index is 0.134. The van der Waals surface area contributed by atoms with Gasteiger partial charge in [0.2, 0.25) is 11.8 Å². The van der Waals surface area contributed by atoms with Crippen molar-refractivity contribution in [2.75, 3.05) is 24.4 Å². The summed E-state index contributed by atoms with van der Waals surface area (Å²) in [4.78, 5) is 14.4. The Morgan fingerprint density at radius 1 is 1.07 bits per heavy atom. The standard InChI is InChI=1S/C20H21N3O3S2/c1-25-15-5-9-17(10-6-15)28-12-11-18(24)21-20-23-22-19(26-20)13-14-3-7-16(27-2)8-4-14/h3-10H,11-13H2,1-2H3,(H,21,23,24). The molecule has 146 valence electrons. The van der Waals surface area contributed by atoms with E-state index in [0.29, 0.717) is 24.5 Å². The number of carbonyl (C=O) groups excluding carboxylic acids is 1. The molecule has 0 atom stereocenters. The number of nitrogens with zero attached hydrogens (tertiary/aromatic N) is 2. The predicted octanol–water partition coefficient (Wildman–Crippen LogP) is 4.51. The number of carbonyl (C=O) groups is 1. The molecule has 0 spiro atoms. The maximum Gasteiger partial charge on any atom is 0.322 e. The Balaban J connectivity index is 1.43. The van der Waals surface area contributed by atoms with E-state index in [0.717, 1.165) is 16.2 Å². The van der Waals surface area contributed by atoms with Crippen LogP contribution in [0.4, 0.5) is 6.01 Å². The molecule has 28 heavy (non-hydrogen) atoms. The first-order valence-corrected chi connectivity index (χ1v) is 10.9. The van der Waals surface area contributed by atoms with E-state index in [1.54, 1.807) is 30.6 Å². The van der Waals surface area contributed by atoms with Gasteiger partial charge < -0.3 is 9.15 Å². The van der Waals surface area contributed by atoms with E-state index in [1.165, 1.54) is 4.90 Å². The van der Waals surface area contributed by atoms with Gasteiger partial charge in [-0.3, -0.25) is 10.1 Å². The lowest BCUT2D eigenvalue weighted by Crippen LogP contribution is -2.12. The van der Waals surface area contributed by atoms with Crippen molar-refractivity contribution < 1.29 is 13.9 Å². The van der Waals surface area contributed by atoms with Gasteiger partial charge in [0.05, 0.1) is 13.5 Å². The van der Waals surface area contributed by atoms with Crippen molar-refractivity contribution >= 4 is 35.4 Å². The quantitative estimate of drug-likeness (QED) is 0.515. The second-order valence-electron chi connectivity index (χ2n) is 5.85. The fourth-order valence-corrected chi connectivity index (χ4v) is 3.67. The number of hydrogen-bond donors (Lipinski definition) is 1. The number of rotatable bonds is 9. The van der Waals surface area contributed by atoms with Gasteiger partial charge >= 0.3 is 6.01 Å².